The van der Waals surface area contributed by atoms with Crippen molar-refractivity contribution >= 4 is 16.9 Å². The molecule has 7 heteroatoms. The SMILES string of the molecule is COC(=O)c1ccc(COc2ccc3c(CCC4CCN(Cc5ccccc5)CC4)noc3c2C)nc1. The lowest BCUT2D eigenvalue weighted by molar-refractivity contribution is 0.0600. The van der Waals surface area contributed by atoms with E-state index in [1.165, 1.54) is 31.7 Å². The van der Waals surface area contributed by atoms with Gasteiger partial charge in [0.1, 0.15) is 12.4 Å². The van der Waals surface area contributed by atoms with Gasteiger partial charge in [0.25, 0.3) is 0 Å². The number of pyridine rings is 1. The Morgan fingerprint density at radius 1 is 1.08 bits per heavy atom. The first kappa shape index (κ1) is 25.0. The van der Waals surface area contributed by atoms with Crippen molar-refractivity contribution in [2.24, 2.45) is 5.92 Å². The fourth-order valence-electron chi connectivity index (χ4n) is 5.02. The molecule has 0 bridgehead atoms. The van der Waals surface area contributed by atoms with Gasteiger partial charge >= 0.3 is 5.97 Å². The molecule has 0 aliphatic carbocycles. The summed E-state index contributed by atoms with van der Waals surface area (Å²) in [6, 6.07) is 18.2. The van der Waals surface area contributed by atoms with Crippen molar-refractivity contribution in [3.8, 4) is 5.75 Å². The molecule has 1 saturated heterocycles. The van der Waals surface area contributed by atoms with Gasteiger partial charge in [-0.1, -0.05) is 35.5 Å². The summed E-state index contributed by atoms with van der Waals surface area (Å²) in [4.78, 5) is 18.4. The molecule has 192 valence electrons. The van der Waals surface area contributed by atoms with E-state index in [0.29, 0.717) is 5.56 Å². The van der Waals surface area contributed by atoms with Gasteiger partial charge in [0.15, 0.2) is 5.58 Å². The molecule has 37 heavy (non-hydrogen) atoms. The van der Waals surface area contributed by atoms with Gasteiger partial charge in [0, 0.05) is 23.7 Å². The number of fused-ring (bicyclic) bond motifs is 1. The Hall–Kier alpha value is -3.71. The zero-order chi connectivity index (χ0) is 25.6. The van der Waals surface area contributed by atoms with Gasteiger partial charge in [-0.2, -0.15) is 0 Å². The van der Waals surface area contributed by atoms with Crippen molar-refractivity contribution in [2.75, 3.05) is 20.2 Å². The maximum absolute atomic E-state index is 11.6. The number of piperidine rings is 1. The molecular formula is C30H33N3O4. The van der Waals surface area contributed by atoms with Crippen LogP contribution in [0.15, 0.2) is 65.3 Å². The van der Waals surface area contributed by atoms with Crippen molar-refractivity contribution in [3.63, 3.8) is 0 Å². The van der Waals surface area contributed by atoms with E-state index in [2.05, 4.69) is 45.4 Å². The molecule has 2 aromatic heterocycles. The number of methoxy groups -OCH3 is 1. The van der Waals surface area contributed by atoms with Gasteiger partial charge in [0.2, 0.25) is 0 Å². The Balaban J connectivity index is 1.14. The number of ether oxygens (including phenoxy) is 2. The minimum absolute atomic E-state index is 0.289. The number of esters is 1. The normalized spacial score (nSPS) is 14.6. The van der Waals surface area contributed by atoms with Crippen molar-refractivity contribution in [1.29, 1.82) is 0 Å². The number of rotatable bonds is 9. The van der Waals surface area contributed by atoms with Crippen LogP contribution in [0.3, 0.4) is 0 Å². The van der Waals surface area contributed by atoms with Crippen LogP contribution in [0.1, 0.15) is 52.1 Å². The first-order chi connectivity index (χ1) is 18.1. The molecule has 0 saturated carbocycles. The van der Waals surface area contributed by atoms with E-state index in [1.807, 2.05) is 19.1 Å². The number of carbonyl (C=O) groups excluding carboxylic acids is 1. The molecule has 0 spiro atoms. The summed E-state index contributed by atoms with van der Waals surface area (Å²) < 4.78 is 16.5. The number of hydrogen-bond acceptors (Lipinski definition) is 7. The largest absolute Gasteiger partial charge is 0.487 e. The molecule has 0 amide bonds. The predicted molar refractivity (Wildman–Crippen MR) is 141 cm³/mol. The zero-order valence-corrected chi connectivity index (χ0v) is 21.5. The molecule has 2 aromatic carbocycles. The molecule has 3 heterocycles. The summed E-state index contributed by atoms with van der Waals surface area (Å²) in [5.41, 5.74) is 5.25. The number of hydrogen-bond donors (Lipinski definition) is 0. The maximum Gasteiger partial charge on any atom is 0.339 e. The average molecular weight is 500 g/mol. The third kappa shape index (κ3) is 6.00. The summed E-state index contributed by atoms with van der Waals surface area (Å²) >= 11 is 0. The van der Waals surface area contributed by atoms with E-state index in [9.17, 15) is 4.79 Å². The quantitative estimate of drug-likeness (QED) is 0.272. The third-order valence-corrected chi connectivity index (χ3v) is 7.28. The summed E-state index contributed by atoms with van der Waals surface area (Å²) in [6.07, 6.45) is 6.01. The first-order valence-corrected chi connectivity index (χ1v) is 12.9. The van der Waals surface area contributed by atoms with Gasteiger partial charge in [0.05, 0.1) is 24.1 Å². The second-order valence-electron chi connectivity index (χ2n) is 9.76. The lowest BCUT2D eigenvalue weighted by Gasteiger charge is -2.31. The monoisotopic (exact) mass is 499 g/mol. The summed E-state index contributed by atoms with van der Waals surface area (Å²) in [6.45, 7) is 5.62. The lowest BCUT2D eigenvalue weighted by atomic mass is 9.91. The highest BCUT2D eigenvalue weighted by Crippen LogP contribution is 2.31. The molecule has 1 fully saturated rings. The molecule has 5 rings (SSSR count). The minimum Gasteiger partial charge on any atom is -0.487 e. The van der Waals surface area contributed by atoms with E-state index in [0.717, 1.165) is 72.1 Å². The van der Waals surface area contributed by atoms with Crippen LogP contribution in [0.5, 0.6) is 5.75 Å². The Morgan fingerprint density at radius 3 is 2.62 bits per heavy atom. The van der Waals surface area contributed by atoms with Gasteiger partial charge in [-0.3, -0.25) is 9.88 Å². The van der Waals surface area contributed by atoms with Crippen molar-refractivity contribution < 1.29 is 18.8 Å². The lowest BCUT2D eigenvalue weighted by Crippen LogP contribution is -2.33. The maximum atomic E-state index is 11.6. The average Bonchev–Trinajstić information content (AvgIpc) is 3.36. The molecule has 0 radical (unpaired) electrons. The molecule has 1 aliphatic heterocycles. The molecule has 7 nitrogen and oxygen atoms in total. The standard InChI is InChI=1S/C30H33N3O4/c1-21-28(36-20-25-10-9-24(18-31-25)30(34)35-2)13-11-26-27(32-37-29(21)26)12-8-22-14-16-33(17-15-22)19-23-6-4-3-5-7-23/h3-7,9-11,13,18,22H,8,12,14-17,19-20H2,1-2H3. The van der Waals surface area contributed by atoms with E-state index < -0.39 is 5.97 Å². The van der Waals surface area contributed by atoms with Crippen molar-refractivity contribution in [2.45, 2.75) is 45.8 Å². The Labute approximate surface area is 217 Å². The van der Waals surface area contributed by atoms with Crippen molar-refractivity contribution in [1.82, 2.24) is 15.0 Å². The van der Waals surface area contributed by atoms with Crippen LogP contribution in [0, 0.1) is 12.8 Å². The zero-order valence-electron chi connectivity index (χ0n) is 21.5. The van der Waals surface area contributed by atoms with Crippen LogP contribution in [-0.2, 0) is 24.3 Å². The molecular weight excluding hydrogens is 466 g/mol. The molecule has 0 N–H and O–H groups in total. The number of likely N-dealkylation sites (tertiary alicyclic amines) is 1. The number of aromatic nitrogens is 2. The Morgan fingerprint density at radius 2 is 1.89 bits per heavy atom. The molecule has 0 unspecified atom stereocenters. The minimum atomic E-state index is -0.407. The van der Waals surface area contributed by atoms with Crippen LogP contribution in [-0.4, -0.2) is 41.2 Å². The first-order valence-electron chi connectivity index (χ1n) is 12.9. The smallest absolute Gasteiger partial charge is 0.339 e. The van der Waals surface area contributed by atoms with E-state index in [-0.39, 0.29) is 6.61 Å². The van der Waals surface area contributed by atoms with Crippen molar-refractivity contribution in [3.05, 3.63) is 88.9 Å². The Kier molecular flexibility index (Phi) is 7.80. The predicted octanol–water partition coefficient (Wildman–Crippen LogP) is 5.74. The van der Waals surface area contributed by atoms with Crippen LogP contribution < -0.4 is 4.74 Å². The van der Waals surface area contributed by atoms with Crippen LogP contribution in [0.25, 0.3) is 11.0 Å². The van der Waals surface area contributed by atoms with E-state index in [1.54, 1.807) is 12.1 Å². The topological polar surface area (TPSA) is 77.7 Å². The van der Waals surface area contributed by atoms with Gasteiger partial charge in [-0.15, -0.1) is 0 Å². The summed E-state index contributed by atoms with van der Waals surface area (Å²) in [5.74, 6) is 1.05. The number of benzene rings is 2. The van der Waals surface area contributed by atoms with Gasteiger partial charge in [-0.25, -0.2) is 4.79 Å². The fourth-order valence-corrected chi connectivity index (χ4v) is 5.02. The number of carbonyl (C=O) groups is 1. The fraction of sp³-hybridized carbons (Fsp3) is 0.367. The van der Waals surface area contributed by atoms with E-state index >= 15 is 0 Å². The highest BCUT2D eigenvalue weighted by atomic mass is 16.5. The second kappa shape index (κ2) is 11.6. The molecule has 1 aliphatic rings. The highest BCUT2D eigenvalue weighted by Gasteiger charge is 2.21. The molecule has 0 atom stereocenters. The van der Waals surface area contributed by atoms with Gasteiger partial charge in [-0.05, 0) is 81.4 Å². The highest BCUT2D eigenvalue weighted by molar-refractivity contribution is 5.88. The van der Waals surface area contributed by atoms with E-state index in [4.69, 9.17) is 14.0 Å². The van der Waals surface area contributed by atoms with Crippen LogP contribution in [0.2, 0.25) is 0 Å². The van der Waals surface area contributed by atoms with Crippen LogP contribution >= 0.6 is 0 Å². The Bertz CT molecular complexity index is 1330. The summed E-state index contributed by atoms with van der Waals surface area (Å²) in [5, 5.41) is 5.47. The number of aryl methyl sites for hydroxylation is 2. The number of nitrogens with zero attached hydrogens (tertiary/aromatic N) is 3. The van der Waals surface area contributed by atoms with Gasteiger partial charge < -0.3 is 14.0 Å². The third-order valence-electron chi connectivity index (χ3n) is 7.28. The second-order valence-corrected chi connectivity index (χ2v) is 9.76. The summed E-state index contributed by atoms with van der Waals surface area (Å²) in [7, 11) is 1.35. The molecule has 4 aromatic rings. The van der Waals surface area contributed by atoms with Crippen LogP contribution in [0.4, 0.5) is 0 Å².